The predicted octanol–water partition coefficient (Wildman–Crippen LogP) is 9.24. The van der Waals surface area contributed by atoms with E-state index in [1.54, 1.807) is 49.1 Å². The van der Waals surface area contributed by atoms with Crippen LogP contribution in [-0.4, -0.2) is 102 Å². The monoisotopic (exact) mass is 1070 g/mol. The van der Waals surface area contributed by atoms with Crippen molar-refractivity contribution in [1.82, 2.24) is 19.9 Å². The van der Waals surface area contributed by atoms with Gasteiger partial charge in [-0.1, -0.05) is 47.1 Å². The van der Waals surface area contributed by atoms with Gasteiger partial charge in [-0.15, -0.1) is 0 Å². The molecule has 0 amide bonds. The van der Waals surface area contributed by atoms with Crippen LogP contribution < -0.4 is 24.7 Å². The van der Waals surface area contributed by atoms with Gasteiger partial charge >= 0.3 is 0 Å². The lowest BCUT2D eigenvalue weighted by Gasteiger charge is -2.26. The van der Waals surface area contributed by atoms with Gasteiger partial charge in [0.2, 0.25) is 0 Å². The summed E-state index contributed by atoms with van der Waals surface area (Å²) < 4.78 is 57.5. The summed E-state index contributed by atoms with van der Waals surface area (Å²) in [7, 11) is -3.83. The topological polar surface area (TPSA) is 256 Å². The van der Waals surface area contributed by atoms with Gasteiger partial charge in [0.05, 0.1) is 45.7 Å². The zero-order valence-corrected chi connectivity index (χ0v) is 43.6. The van der Waals surface area contributed by atoms with Crippen molar-refractivity contribution in [1.29, 1.82) is 0 Å². The number of rotatable bonds is 4. The number of aliphatic hydroxyl groups excluding tert-OH is 2. The third-order valence-corrected chi connectivity index (χ3v) is 15.0. The highest BCUT2D eigenvalue weighted by Gasteiger charge is 2.29. The molecule has 78 heavy (non-hydrogen) atoms. The van der Waals surface area contributed by atoms with E-state index in [9.17, 15) is 13.5 Å². The Morgan fingerprint density at radius 3 is 1.53 bits per heavy atom. The van der Waals surface area contributed by atoms with Gasteiger partial charge in [0.25, 0.3) is 10.1 Å². The first kappa shape index (κ1) is 53.4. The van der Waals surface area contributed by atoms with Gasteiger partial charge in [0.1, 0.15) is 48.9 Å². The molecule has 5 unspecified atom stereocenters. The first-order chi connectivity index (χ1) is 38.0. The average molecular weight is 1070 g/mol. The maximum absolute atomic E-state index is 12.5. The quantitative estimate of drug-likeness (QED) is 0.0642. The minimum absolute atomic E-state index is 0.100. The highest BCUT2D eigenvalue weighted by atomic mass is 32.2. The van der Waals surface area contributed by atoms with Crippen molar-refractivity contribution >= 4 is 53.7 Å². The summed E-state index contributed by atoms with van der Waals surface area (Å²) in [6, 6.07) is 37.8. The van der Waals surface area contributed by atoms with Crippen LogP contribution in [0.15, 0.2) is 156 Å². The van der Waals surface area contributed by atoms with Crippen LogP contribution in [-0.2, 0) is 44.7 Å². The minimum Gasteiger partial charge on any atom is -0.493 e. The average Bonchev–Trinajstić information content (AvgIpc) is 3.97. The molecule has 5 aromatic carbocycles. The fourth-order valence-corrected chi connectivity index (χ4v) is 10.9. The van der Waals surface area contributed by atoms with E-state index in [1.165, 1.54) is 5.56 Å². The molecular weight excluding hydrogens is 1010 g/mol. The molecule has 19 heteroatoms. The van der Waals surface area contributed by atoms with Gasteiger partial charge in [0, 0.05) is 105 Å². The number of benzene rings is 5. The molecule has 9 aromatic rings. The van der Waals surface area contributed by atoms with Crippen molar-refractivity contribution in [2.24, 2.45) is 10.8 Å². The molecule has 9 heterocycles. The van der Waals surface area contributed by atoms with Crippen LogP contribution in [0.5, 0.6) is 23.0 Å². The number of nitrogens with zero attached hydrogens (tertiary/aromatic N) is 7. The van der Waals surface area contributed by atoms with E-state index in [0.717, 1.165) is 115 Å². The van der Waals surface area contributed by atoms with Gasteiger partial charge < -0.3 is 39.6 Å². The molecule has 5 aliphatic rings. The van der Waals surface area contributed by atoms with Gasteiger partial charge in [-0.25, -0.2) is 0 Å². The Morgan fingerprint density at radius 1 is 0.590 bits per heavy atom. The molecule has 5 aliphatic heterocycles. The van der Waals surface area contributed by atoms with Gasteiger partial charge in [0.15, 0.2) is 6.29 Å². The van der Waals surface area contributed by atoms with Crippen LogP contribution >= 0.6 is 0 Å². The van der Waals surface area contributed by atoms with Crippen molar-refractivity contribution in [2.45, 2.75) is 80.9 Å². The highest BCUT2D eigenvalue weighted by Crippen LogP contribution is 2.35. The van der Waals surface area contributed by atoms with E-state index in [0.29, 0.717) is 39.1 Å². The largest absolute Gasteiger partial charge is 0.493 e. The second-order valence-corrected chi connectivity index (χ2v) is 20.8. The molecule has 400 valence electrons. The second-order valence-electron chi connectivity index (χ2n) is 19.2. The third kappa shape index (κ3) is 12.7. The molecule has 4 N–H and O–H groups in total. The van der Waals surface area contributed by atoms with Gasteiger partial charge in [-0.2, -0.15) is 8.42 Å². The first-order valence-corrected chi connectivity index (χ1v) is 27.2. The Bertz CT molecular complexity index is 3630. The van der Waals surface area contributed by atoms with Crippen LogP contribution in [0.25, 0.3) is 54.1 Å². The predicted molar refractivity (Wildman–Crippen MR) is 295 cm³/mol. The van der Waals surface area contributed by atoms with E-state index in [2.05, 4.69) is 36.0 Å². The SMILES string of the molecule is Cc1ccc(S(=O)(=O)OC2COc3ccc4ncccc4c3C2)cc1.NC1COc2ccc3ncccc3c2C1.OC1CCCO1.OC1COc2ccc3ncccc3c2C1.[N-]=[N+]=NC1COc2ccc3ncccc3c2C1. The zero-order chi connectivity index (χ0) is 54.0. The molecule has 0 radical (unpaired) electrons. The van der Waals surface area contributed by atoms with Crippen LogP contribution in [0, 0.1) is 6.92 Å². The molecule has 5 atom stereocenters. The van der Waals surface area contributed by atoms with E-state index in [1.807, 2.05) is 97.9 Å². The number of azide groups is 1. The number of pyridine rings is 4. The Balaban J connectivity index is 0.000000116. The van der Waals surface area contributed by atoms with Crippen molar-refractivity contribution in [3.63, 3.8) is 0 Å². The van der Waals surface area contributed by atoms with Crippen LogP contribution in [0.3, 0.4) is 0 Å². The van der Waals surface area contributed by atoms with Crippen molar-refractivity contribution in [2.75, 3.05) is 33.0 Å². The van der Waals surface area contributed by atoms with E-state index in [4.69, 9.17) is 44.2 Å². The normalized spacial score (nSPS) is 19.6. The highest BCUT2D eigenvalue weighted by molar-refractivity contribution is 7.86. The maximum Gasteiger partial charge on any atom is 0.297 e. The number of hydrogen-bond acceptors (Lipinski definition) is 16. The van der Waals surface area contributed by atoms with Gasteiger partial charge in [-0.3, -0.25) is 24.1 Å². The second kappa shape index (κ2) is 24.6. The molecule has 1 fully saturated rings. The summed E-state index contributed by atoms with van der Waals surface area (Å²) in [6.07, 6.45) is 10.2. The molecule has 14 rings (SSSR count). The minimum atomic E-state index is -3.83. The number of aryl methyl sites for hydroxylation is 1. The summed E-state index contributed by atoms with van der Waals surface area (Å²) in [5.41, 5.74) is 23.4. The fourth-order valence-electron chi connectivity index (χ4n) is 9.81. The lowest BCUT2D eigenvalue weighted by molar-refractivity contribution is -0.0589. The lowest BCUT2D eigenvalue weighted by Crippen LogP contribution is -2.33. The smallest absolute Gasteiger partial charge is 0.297 e. The summed E-state index contributed by atoms with van der Waals surface area (Å²) in [6.45, 7) is 4.29. The molecule has 1 saturated heterocycles. The maximum atomic E-state index is 12.5. The Kier molecular flexibility index (Phi) is 16.8. The van der Waals surface area contributed by atoms with E-state index in [-0.39, 0.29) is 23.6 Å². The summed E-state index contributed by atoms with van der Waals surface area (Å²) in [5, 5.41) is 26.1. The number of hydrogen-bond donors (Lipinski definition) is 3. The van der Waals surface area contributed by atoms with E-state index < -0.39 is 28.6 Å². The van der Waals surface area contributed by atoms with Crippen LogP contribution in [0.4, 0.5) is 0 Å². The fraction of sp³-hybridized carbons (Fsp3) is 0.288. The van der Waals surface area contributed by atoms with Crippen molar-refractivity contribution in [3.8, 4) is 23.0 Å². The van der Waals surface area contributed by atoms with Crippen LogP contribution in [0.1, 0.15) is 40.7 Å². The Labute approximate surface area is 450 Å². The zero-order valence-electron chi connectivity index (χ0n) is 42.8. The summed E-state index contributed by atoms with van der Waals surface area (Å²) in [4.78, 5) is 20.2. The first-order valence-electron chi connectivity index (χ1n) is 25.7. The number of nitrogens with two attached hydrogens (primary N) is 1. The Morgan fingerprint density at radius 2 is 1.05 bits per heavy atom. The molecule has 4 aromatic heterocycles. The Hall–Kier alpha value is -8.00. The summed E-state index contributed by atoms with van der Waals surface area (Å²) >= 11 is 0. The number of aliphatic hydroxyl groups is 2. The lowest BCUT2D eigenvalue weighted by atomic mass is 9.98. The molecule has 0 bridgehead atoms. The number of aromatic nitrogens is 4. The molecule has 0 saturated carbocycles. The molecular formula is C59H58N8O10S. The number of fused-ring (bicyclic) bond motifs is 12. The summed E-state index contributed by atoms with van der Waals surface area (Å²) in [5.74, 6) is 3.46. The van der Waals surface area contributed by atoms with Gasteiger partial charge in [-0.05, 0) is 117 Å². The standard InChI is InChI=1S/C19H17NO4S.C12H10N4O.C12H12N2O.C12H11NO2.C4H8O2/c1-13-4-6-15(7-5-13)25(21,22)24-14-11-17-16-3-2-10-20-18(16)8-9-19(17)23-12-14;13-16-15-8-6-10-9-2-1-5-14-11(9)3-4-12(10)17-7-8;13-8-6-10-9-2-1-5-14-11(9)3-4-12(10)15-7-8;14-8-6-10-9-2-1-5-13-11(9)3-4-12(10)15-7-8;5-4-2-1-3-6-4/h2-10,14H,11-12H2,1H3;1-5,8H,6-7H2;1-5,8H,6-7,13H2;1-5,8,14H,6-7H2;4-5H,1-3H2. The van der Waals surface area contributed by atoms with Crippen LogP contribution in [0.2, 0.25) is 0 Å². The number of ether oxygens (including phenoxy) is 5. The molecule has 0 spiro atoms. The van der Waals surface area contributed by atoms with Crippen molar-refractivity contribution < 1.29 is 46.5 Å². The van der Waals surface area contributed by atoms with Crippen molar-refractivity contribution in [3.05, 3.63) is 184 Å². The molecule has 18 nitrogen and oxygen atoms in total. The third-order valence-electron chi connectivity index (χ3n) is 13.6. The molecule has 0 aliphatic carbocycles. The van der Waals surface area contributed by atoms with E-state index >= 15 is 0 Å².